The van der Waals surface area contributed by atoms with Crippen molar-refractivity contribution in [3.05, 3.63) is 9.75 Å². The van der Waals surface area contributed by atoms with E-state index in [0.29, 0.717) is 13.2 Å². The van der Waals surface area contributed by atoms with Crippen LogP contribution in [0, 0.1) is 18.8 Å². The summed E-state index contributed by atoms with van der Waals surface area (Å²) < 4.78 is 11.7. The third-order valence-electron chi connectivity index (χ3n) is 4.65. The topological polar surface area (TPSA) is 30.5 Å². The molecule has 3 nitrogen and oxygen atoms in total. The first-order valence-electron chi connectivity index (χ1n) is 7.88. The molecule has 1 atom stereocenters. The second-order valence-corrected chi connectivity index (χ2v) is 7.21. The smallest absolute Gasteiger partial charge is 0.175 e. The molecule has 0 aliphatic carbocycles. The van der Waals surface area contributed by atoms with Gasteiger partial charge in [-0.3, -0.25) is 0 Å². The van der Waals surface area contributed by atoms with Crippen LogP contribution < -0.4 is 14.8 Å². The third kappa shape index (κ3) is 2.82. The van der Waals surface area contributed by atoms with Crippen LogP contribution >= 0.6 is 11.3 Å². The van der Waals surface area contributed by atoms with Crippen LogP contribution in [0.15, 0.2) is 0 Å². The van der Waals surface area contributed by atoms with Crippen LogP contribution in [0.5, 0.6) is 11.5 Å². The zero-order valence-corrected chi connectivity index (χ0v) is 13.4. The first-order chi connectivity index (χ1) is 9.79. The van der Waals surface area contributed by atoms with Gasteiger partial charge in [-0.15, -0.1) is 11.3 Å². The minimum absolute atomic E-state index is 0.690. The van der Waals surface area contributed by atoms with E-state index in [9.17, 15) is 0 Å². The van der Waals surface area contributed by atoms with E-state index in [1.807, 2.05) is 11.3 Å². The molecule has 1 aromatic heterocycles. The second kappa shape index (κ2) is 6.35. The van der Waals surface area contributed by atoms with Crippen molar-refractivity contribution in [2.45, 2.75) is 39.5 Å². The minimum atomic E-state index is 0.690. The lowest BCUT2D eigenvalue weighted by atomic mass is 9.81. The van der Waals surface area contributed by atoms with E-state index < -0.39 is 0 Å². The highest BCUT2D eigenvalue weighted by Gasteiger charge is 2.27. The largest absolute Gasteiger partial charge is 0.485 e. The van der Waals surface area contributed by atoms with E-state index in [2.05, 4.69) is 19.2 Å². The van der Waals surface area contributed by atoms with E-state index in [-0.39, 0.29) is 0 Å². The molecule has 0 aromatic carbocycles. The maximum atomic E-state index is 5.88. The number of fused-ring (bicyclic) bond motifs is 1. The van der Waals surface area contributed by atoms with Gasteiger partial charge in [0.05, 0.1) is 4.88 Å². The highest BCUT2D eigenvalue weighted by Crippen LogP contribution is 2.45. The zero-order valence-electron chi connectivity index (χ0n) is 12.5. The van der Waals surface area contributed by atoms with E-state index in [0.717, 1.165) is 29.8 Å². The fourth-order valence-electron chi connectivity index (χ4n) is 3.50. The molecule has 0 amide bonds. The average molecular weight is 295 g/mol. The molecular formula is C16H25NO2S. The number of piperidine rings is 1. The third-order valence-corrected chi connectivity index (χ3v) is 5.74. The molecule has 3 heterocycles. The summed E-state index contributed by atoms with van der Waals surface area (Å²) in [6, 6.07) is 0. The number of nitrogens with one attached hydrogen (secondary N) is 1. The van der Waals surface area contributed by atoms with E-state index in [1.165, 1.54) is 42.1 Å². The molecule has 2 aliphatic heterocycles. The molecule has 1 unspecified atom stereocenters. The Hall–Kier alpha value is -0.740. The van der Waals surface area contributed by atoms with Crippen molar-refractivity contribution < 1.29 is 9.47 Å². The first kappa shape index (κ1) is 14.2. The summed E-state index contributed by atoms with van der Waals surface area (Å²) in [6.07, 6.45) is 5.06. The second-order valence-electron chi connectivity index (χ2n) is 5.90. The first-order valence-corrected chi connectivity index (χ1v) is 8.69. The maximum Gasteiger partial charge on any atom is 0.175 e. The molecule has 1 N–H and O–H groups in total. The number of thiophene rings is 1. The van der Waals surface area contributed by atoms with E-state index in [1.54, 1.807) is 0 Å². The van der Waals surface area contributed by atoms with Gasteiger partial charge in [-0.05, 0) is 51.1 Å². The van der Waals surface area contributed by atoms with Crippen LogP contribution in [-0.4, -0.2) is 26.3 Å². The Bertz CT molecular complexity index is 452. The zero-order chi connectivity index (χ0) is 13.9. The molecule has 1 saturated heterocycles. The molecule has 3 rings (SSSR count). The predicted octanol–water partition coefficient (Wildman–Crippen LogP) is 3.40. The Balaban J connectivity index is 1.75. The molecule has 20 heavy (non-hydrogen) atoms. The van der Waals surface area contributed by atoms with Crippen LogP contribution in [0.3, 0.4) is 0 Å². The van der Waals surface area contributed by atoms with Gasteiger partial charge in [-0.2, -0.15) is 0 Å². The van der Waals surface area contributed by atoms with Crippen LogP contribution in [0.2, 0.25) is 0 Å². The molecule has 112 valence electrons. The molecule has 4 heteroatoms. The Morgan fingerprint density at radius 3 is 2.60 bits per heavy atom. The summed E-state index contributed by atoms with van der Waals surface area (Å²) in [5.74, 6) is 3.70. The van der Waals surface area contributed by atoms with Crippen molar-refractivity contribution in [2.24, 2.45) is 11.8 Å². The van der Waals surface area contributed by atoms with Crippen LogP contribution in [0.1, 0.15) is 35.9 Å². The Labute approximate surface area is 125 Å². The predicted molar refractivity (Wildman–Crippen MR) is 83.1 cm³/mol. The molecule has 0 radical (unpaired) electrons. The lowest BCUT2D eigenvalue weighted by Gasteiger charge is -2.30. The SMILES string of the molecule is CCC(Cc1sc(C)c2c1OCCO2)C1CCNCC1. The Morgan fingerprint density at radius 2 is 1.90 bits per heavy atom. The molecule has 2 aliphatic rings. The number of hydrogen-bond acceptors (Lipinski definition) is 4. The van der Waals surface area contributed by atoms with Gasteiger partial charge in [0.15, 0.2) is 11.5 Å². The quantitative estimate of drug-likeness (QED) is 0.923. The summed E-state index contributed by atoms with van der Waals surface area (Å²) in [5, 5.41) is 3.47. The van der Waals surface area contributed by atoms with Crippen LogP contribution in [0.25, 0.3) is 0 Å². The molecule has 1 fully saturated rings. The highest BCUT2D eigenvalue weighted by molar-refractivity contribution is 7.12. The van der Waals surface area contributed by atoms with Crippen molar-refractivity contribution in [2.75, 3.05) is 26.3 Å². The normalized spacial score (nSPS) is 20.9. The van der Waals surface area contributed by atoms with Gasteiger partial charge in [0.25, 0.3) is 0 Å². The van der Waals surface area contributed by atoms with Gasteiger partial charge in [0.2, 0.25) is 0 Å². The van der Waals surface area contributed by atoms with Crippen molar-refractivity contribution in [3.8, 4) is 11.5 Å². The van der Waals surface area contributed by atoms with Crippen molar-refractivity contribution in [3.63, 3.8) is 0 Å². The molecule has 1 aromatic rings. The van der Waals surface area contributed by atoms with Gasteiger partial charge in [-0.25, -0.2) is 0 Å². The van der Waals surface area contributed by atoms with Gasteiger partial charge < -0.3 is 14.8 Å². The van der Waals surface area contributed by atoms with Gasteiger partial charge in [-0.1, -0.05) is 13.3 Å². The molecular weight excluding hydrogens is 270 g/mol. The van der Waals surface area contributed by atoms with Crippen molar-refractivity contribution in [1.29, 1.82) is 0 Å². The number of aryl methyl sites for hydroxylation is 1. The number of rotatable bonds is 4. The summed E-state index contributed by atoms with van der Waals surface area (Å²) in [7, 11) is 0. The lowest BCUT2D eigenvalue weighted by molar-refractivity contribution is 0.169. The van der Waals surface area contributed by atoms with E-state index >= 15 is 0 Å². The summed E-state index contributed by atoms with van der Waals surface area (Å²) >= 11 is 1.87. The van der Waals surface area contributed by atoms with Crippen molar-refractivity contribution in [1.82, 2.24) is 5.32 Å². The standard InChI is InChI=1S/C16H25NO2S/c1-3-12(13-4-6-17-7-5-13)10-14-16-15(11(2)20-14)18-8-9-19-16/h12-13,17H,3-10H2,1-2H3. The average Bonchev–Trinajstić information content (AvgIpc) is 2.82. The fraction of sp³-hybridized carbons (Fsp3) is 0.750. The monoisotopic (exact) mass is 295 g/mol. The Kier molecular flexibility index (Phi) is 4.51. The lowest BCUT2D eigenvalue weighted by Crippen LogP contribution is -2.32. The summed E-state index contributed by atoms with van der Waals surface area (Å²) in [4.78, 5) is 2.68. The molecule has 0 saturated carbocycles. The molecule has 0 bridgehead atoms. The van der Waals surface area contributed by atoms with Gasteiger partial charge >= 0.3 is 0 Å². The van der Waals surface area contributed by atoms with Gasteiger partial charge in [0, 0.05) is 4.88 Å². The van der Waals surface area contributed by atoms with Crippen LogP contribution in [0.4, 0.5) is 0 Å². The van der Waals surface area contributed by atoms with Gasteiger partial charge in [0.1, 0.15) is 13.2 Å². The molecule has 0 spiro atoms. The maximum absolute atomic E-state index is 5.88. The summed E-state index contributed by atoms with van der Waals surface area (Å²) in [6.45, 7) is 8.23. The number of hydrogen-bond donors (Lipinski definition) is 1. The van der Waals surface area contributed by atoms with E-state index in [4.69, 9.17) is 9.47 Å². The van der Waals surface area contributed by atoms with Crippen LogP contribution in [-0.2, 0) is 6.42 Å². The van der Waals surface area contributed by atoms with Crippen molar-refractivity contribution >= 4 is 11.3 Å². The Morgan fingerprint density at radius 1 is 1.20 bits per heavy atom. The highest BCUT2D eigenvalue weighted by atomic mass is 32.1. The number of ether oxygens (including phenoxy) is 2. The fourth-order valence-corrected chi connectivity index (χ4v) is 4.65. The minimum Gasteiger partial charge on any atom is -0.485 e. The summed E-state index contributed by atoms with van der Waals surface area (Å²) in [5.41, 5.74) is 0.